The van der Waals surface area contributed by atoms with Gasteiger partial charge in [-0.1, -0.05) is 23.7 Å². The van der Waals surface area contributed by atoms with Crippen LogP contribution < -0.4 is 9.64 Å². The molecule has 0 N–H and O–H groups in total. The molecule has 1 amide bonds. The minimum atomic E-state index is -0.476. The summed E-state index contributed by atoms with van der Waals surface area (Å²) >= 11 is 6.03. The van der Waals surface area contributed by atoms with Crippen LogP contribution >= 0.6 is 11.6 Å². The fraction of sp³-hybridized carbons (Fsp3) is 0.409. The molecule has 2 aromatic rings. The lowest BCUT2D eigenvalue weighted by Crippen LogP contribution is -2.33. The molecule has 2 unspecified atom stereocenters. The van der Waals surface area contributed by atoms with E-state index in [2.05, 4.69) is 0 Å². The number of rotatable bonds is 6. The summed E-state index contributed by atoms with van der Waals surface area (Å²) in [5.74, 6) is 0.716. The van der Waals surface area contributed by atoms with Gasteiger partial charge >= 0.3 is 6.09 Å². The van der Waals surface area contributed by atoms with E-state index in [1.807, 2.05) is 36.4 Å². The SMILES string of the molecule is COc1cccc([C@@H]2C(COC3CCCCO3)OC(=O)N2c2ccc(Cl)cc2)c1. The summed E-state index contributed by atoms with van der Waals surface area (Å²) in [6, 6.07) is 14.4. The minimum absolute atomic E-state index is 0.252. The summed E-state index contributed by atoms with van der Waals surface area (Å²) in [5, 5.41) is 0.605. The second kappa shape index (κ2) is 9.03. The van der Waals surface area contributed by atoms with Gasteiger partial charge in [-0.15, -0.1) is 0 Å². The van der Waals surface area contributed by atoms with Gasteiger partial charge in [-0.25, -0.2) is 4.79 Å². The molecule has 2 aliphatic heterocycles. The summed E-state index contributed by atoms with van der Waals surface area (Å²) in [6.45, 7) is 0.952. The first-order valence-electron chi connectivity index (χ1n) is 9.78. The molecular formula is C22H24ClNO5. The van der Waals surface area contributed by atoms with Gasteiger partial charge in [-0.3, -0.25) is 4.90 Å². The Morgan fingerprint density at radius 2 is 2.00 bits per heavy atom. The molecule has 2 aromatic carbocycles. The summed E-state index contributed by atoms with van der Waals surface area (Å²) in [5.41, 5.74) is 1.62. The molecule has 4 rings (SSSR count). The second-order valence-corrected chi connectivity index (χ2v) is 7.56. The fourth-order valence-electron chi connectivity index (χ4n) is 3.76. The van der Waals surface area contributed by atoms with Crippen molar-refractivity contribution < 1.29 is 23.7 Å². The van der Waals surface area contributed by atoms with Crippen molar-refractivity contribution in [2.75, 3.05) is 25.2 Å². The van der Waals surface area contributed by atoms with E-state index in [1.54, 1.807) is 24.1 Å². The molecule has 0 aromatic heterocycles. The van der Waals surface area contributed by atoms with E-state index >= 15 is 0 Å². The number of nitrogens with zero attached hydrogens (tertiary/aromatic N) is 1. The summed E-state index contributed by atoms with van der Waals surface area (Å²) in [4.78, 5) is 14.5. The number of benzene rings is 2. The van der Waals surface area contributed by atoms with E-state index in [1.165, 1.54) is 0 Å². The Morgan fingerprint density at radius 1 is 1.17 bits per heavy atom. The van der Waals surface area contributed by atoms with Crippen molar-refractivity contribution in [2.24, 2.45) is 0 Å². The van der Waals surface area contributed by atoms with Crippen LogP contribution in [0.15, 0.2) is 48.5 Å². The third-order valence-electron chi connectivity index (χ3n) is 5.20. The van der Waals surface area contributed by atoms with Crippen molar-refractivity contribution in [3.8, 4) is 5.75 Å². The van der Waals surface area contributed by atoms with Gasteiger partial charge in [0.2, 0.25) is 0 Å². The van der Waals surface area contributed by atoms with Crippen molar-refractivity contribution in [3.05, 3.63) is 59.1 Å². The number of amides is 1. The molecule has 0 bridgehead atoms. The zero-order valence-corrected chi connectivity index (χ0v) is 17.0. The zero-order valence-electron chi connectivity index (χ0n) is 16.3. The second-order valence-electron chi connectivity index (χ2n) is 7.12. The normalized spacial score (nSPS) is 24.4. The van der Waals surface area contributed by atoms with Gasteiger partial charge in [0.15, 0.2) is 12.4 Å². The third-order valence-corrected chi connectivity index (χ3v) is 5.46. The van der Waals surface area contributed by atoms with Crippen LogP contribution in [0, 0.1) is 0 Å². The number of cyclic esters (lactones) is 1. The highest BCUT2D eigenvalue weighted by Gasteiger charge is 2.44. The van der Waals surface area contributed by atoms with E-state index < -0.39 is 12.2 Å². The number of carbonyl (C=O) groups is 1. The van der Waals surface area contributed by atoms with Crippen LogP contribution in [0.2, 0.25) is 5.02 Å². The first-order chi connectivity index (χ1) is 14.2. The molecule has 29 heavy (non-hydrogen) atoms. The van der Waals surface area contributed by atoms with E-state index in [0.29, 0.717) is 23.1 Å². The molecular weight excluding hydrogens is 394 g/mol. The zero-order chi connectivity index (χ0) is 20.2. The lowest BCUT2D eigenvalue weighted by Gasteiger charge is -2.27. The van der Waals surface area contributed by atoms with Gasteiger partial charge in [-0.2, -0.15) is 0 Å². The Morgan fingerprint density at radius 3 is 2.72 bits per heavy atom. The van der Waals surface area contributed by atoms with Crippen LogP contribution in [0.1, 0.15) is 30.9 Å². The molecule has 154 valence electrons. The largest absolute Gasteiger partial charge is 0.497 e. The Labute approximate surface area is 175 Å². The van der Waals surface area contributed by atoms with Crippen molar-refractivity contribution >= 4 is 23.4 Å². The molecule has 2 fully saturated rings. The first kappa shape index (κ1) is 20.0. The van der Waals surface area contributed by atoms with E-state index in [9.17, 15) is 4.79 Å². The number of ether oxygens (including phenoxy) is 4. The molecule has 2 saturated heterocycles. The fourth-order valence-corrected chi connectivity index (χ4v) is 3.88. The number of anilines is 1. The Hall–Kier alpha value is -2.28. The highest BCUT2D eigenvalue weighted by atomic mass is 35.5. The predicted octanol–water partition coefficient (Wildman–Crippen LogP) is 4.96. The Bertz CT molecular complexity index is 837. The molecule has 2 aliphatic rings. The Balaban J connectivity index is 1.62. The van der Waals surface area contributed by atoms with Gasteiger partial charge in [-0.05, 0) is 61.2 Å². The molecule has 3 atom stereocenters. The first-order valence-corrected chi connectivity index (χ1v) is 10.2. The van der Waals surface area contributed by atoms with Gasteiger partial charge in [0.25, 0.3) is 0 Å². The van der Waals surface area contributed by atoms with E-state index in [0.717, 1.165) is 24.8 Å². The van der Waals surface area contributed by atoms with E-state index in [4.69, 9.17) is 30.5 Å². The smallest absolute Gasteiger partial charge is 0.415 e. The maximum Gasteiger partial charge on any atom is 0.415 e. The average Bonchev–Trinajstić information content (AvgIpc) is 3.09. The molecule has 0 saturated carbocycles. The van der Waals surface area contributed by atoms with Crippen LogP contribution in [0.3, 0.4) is 0 Å². The van der Waals surface area contributed by atoms with Gasteiger partial charge in [0.1, 0.15) is 11.8 Å². The number of carbonyl (C=O) groups excluding carboxylic acids is 1. The van der Waals surface area contributed by atoms with Crippen LogP contribution in [-0.2, 0) is 14.2 Å². The van der Waals surface area contributed by atoms with Gasteiger partial charge in [0, 0.05) is 17.3 Å². The summed E-state index contributed by atoms with van der Waals surface area (Å²) in [6.07, 6.45) is 1.83. The van der Waals surface area contributed by atoms with E-state index in [-0.39, 0.29) is 18.9 Å². The molecule has 2 heterocycles. The van der Waals surface area contributed by atoms with Gasteiger partial charge < -0.3 is 18.9 Å². The topological polar surface area (TPSA) is 57.2 Å². The highest BCUT2D eigenvalue weighted by Crippen LogP contribution is 2.39. The maximum absolute atomic E-state index is 12.8. The number of methoxy groups -OCH3 is 1. The Kier molecular flexibility index (Phi) is 6.23. The lowest BCUT2D eigenvalue weighted by atomic mass is 10.00. The van der Waals surface area contributed by atoms with Gasteiger partial charge in [0.05, 0.1) is 13.7 Å². The predicted molar refractivity (Wildman–Crippen MR) is 109 cm³/mol. The summed E-state index contributed by atoms with van der Waals surface area (Å²) < 4.78 is 22.7. The number of halogens is 1. The standard InChI is InChI=1S/C22H24ClNO5/c1-26-18-6-4-5-15(13-18)21-19(14-28-20-7-2-3-12-27-20)29-22(25)24(21)17-10-8-16(23)9-11-17/h4-6,8-11,13,19-21H,2-3,7,12,14H2,1H3/t19?,20?,21-/m1/s1. The lowest BCUT2D eigenvalue weighted by molar-refractivity contribution is -0.174. The van der Waals surface area contributed by atoms with Crippen molar-refractivity contribution in [1.29, 1.82) is 0 Å². The van der Waals surface area contributed by atoms with Crippen molar-refractivity contribution in [2.45, 2.75) is 37.7 Å². The maximum atomic E-state index is 12.8. The van der Waals surface area contributed by atoms with Crippen LogP contribution in [0.5, 0.6) is 5.75 Å². The average molecular weight is 418 g/mol. The number of hydrogen-bond acceptors (Lipinski definition) is 5. The molecule has 7 heteroatoms. The van der Waals surface area contributed by atoms with Crippen LogP contribution in [-0.4, -0.2) is 38.8 Å². The summed E-state index contributed by atoms with van der Waals surface area (Å²) in [7, 11) is 1.62. The van der Waals surface area contributed by atoms with Crippen LogP contribution in [0.4, 0.5) is 10.5 Å². The number of hydrogen-bond donors (Lipinski definition) is 0. The van der Waals surface area contributed by atoms with Crippen molar-refractivity contribution in [3.63, 3.8) is 0 Å². The highest BCUT2D eigenvalue weighted by molar-refractivity contribution is 6.30. The molecule has 0 aliphatic carbocycles. The van der Waals surface area contributed by atoms with Crippen molar-refractivity contribution in [1.82, 2.24) is 0 Å². The molecule has 0 radical (unpaired) electrons. The molecule has 6 nitrogen and oxygen atoms in total. The third kappa shape index (κ3) is 4.50. The van der Waals surface area contributed by atoms with Crippen LogP contribution in [0.25, 0.3) is 0 Å². The monoisotopic (exact) mass is 417 g/mol. The molecule has 0 spiro atoms. The minimum Gasteiger partial charge on any atom is -0.497 e. The quantitative estimate of drug-likeness (QED) is 0.665.